The average molecular weight is 939 g/mol. The van der Waals surface area contributed by atoms with Crippen molar-refractivity contribution in [3.8, 4) is 28.0 Å². The monoisotopic (exact) mass is 938 g/mol. The van der Waals surface area contributed by atoms with E-state index in [2.05, 4.69) is 33.9 Å². The molecule has 65 heavy (non-hydrogen) atoms. The van der Waals surface area contributed by atoms with E-state index in [1.165, 1.54) is 28.4 Å². The molecule has 4 aromatic rings. The number of pyridine rings is 1. The van der Waals surface area contributed by atoms with Crippen molar-refractivity contribution in [1.29, 1.82) is 0 Å². The molecular formula is C46H53F3N6O8S2. The molecule has 4 aliphatic rings. The minimum Gasteiger partial charge on any atom is -0.496 e. The highest BCUT2D eigenvalue weighted by Gasteiger charge is 2.63. The van der Waals surface area contributed by atoms with Crippen LogP contribution in [0.15, 0.2) is 60.0 Å². The molecule has 1 saturated heterocycles. The Kier molecular flexibility index (Phi) is 12.6. The number of nitrogens with one attached hydrogen (secondary N) is 3. The second-order valence-electron chi connectivity index (χ2n) is 18.0. The zero-order valence-electron chi connectivity index (χ0n) is 36.8. The normalized spacial score (nSPS) is 25.1. The van der Waals surface area contributed by atoms with Crippen molar-refractivity contribution >= 4 is 55.7 Å². The molecule has 348 valence electrons. The molecule has 0 spiro atoms. The van der Waals surface area contributed by atoms with Crippen LogP contribution in [0.4, 0.5) is 18.9 Å². The van der Waals surface area contributed by atoms with Crippen LogP contribution in [0.3, 0.4) is 0 Å². The Morgan fingerprint density at radius 2 is 1.80 bits per heavy atom. The molecule has 2 saturated carbocycles. The van der Waals surface area contributed by atoms with Crippen LogP contribution >= 0.6 is 11.3 Å². The van der Waals surface area contributed by atoms with E-state index in [-0.39, 0.29) is 25.3 Å². The molecule has 2 aliphatic heterocycles. The number of hydrogen-bond acceptors (Lipinski definition) is 12. The lowest BCUT2D eigenvalue weighted by Gasteiger charge is -2.30. The first-order chi connectivity index (χ1) is 30.8. The molecule has 4 heterocycles. The highest BCUT2D eigenvalue weighted by atomic mass is 32.2. The van der Waals surface area contributed by atoms with Crippen LogP contribution < -0.4 is 29.6 Å². The van der Waals surface area contributed by atoms with E-state index < -0.39 is 74.2 Å². The Hall–Kier alpha value is -5.43. The Morgan fingerprint density at radius 1 is 1.05 bits per heavy atom. The number of nitrogens with zero attached hydrogens (tertiary/aromatic N) is 3. The molecule has 19 heteroatoms. The minimum absolute atomic E-state index is 0.00534. The number of aromatic nitrogens is 2. The third kappa shape index (κ3) is 9.76. The molecule has 3 N–H and O–H groups in total. The number of hydrogen-bond donors (Lipinski definition) is 3. The number of fused-ring (bicyclic) bond motifs is 3. The van der Waals surface area contributed by atoms with Gasteiger partial charge in [-0.2, -0.15) is 0 Å². The highest BCUT2D eigenvalue weighted by Crippen LogP contribution is 2.48. The van der Waals surface area contributed by atoms with Crippen LogP contribution in [0.5, 0.6) is 17.2 Å². The number of rotatable bonds is 11. The standard InChI is InChI=1S/C46H53F3N6O8S2/c1-26(2)35-25-64-41(52-35)34-22-38(32-17-18-37(61-5)27(3)39(32)51-34)62-31-21-36-40(56)53-45(43(58)54-65(59,60)44(4)19-20-44)23-28(45)11-9-7-6-8-10-12-33(42(57)55(36)24-31)50-29-13-15-30(16-14-29)63-46(47,48)49/h9,11,13-18,22,25-26,28,31,33,36,50H,6-8,10,12,19-21,23-24H2,1-5H3,(H,53,56)(H,54,58)/b11-9-/t28-,31+,33-,36-,45+/m0/s1. The average Bonchev–Trinajstić information content (AvgIpc) is 4.02. The van der Waals surface area contributed by atoms with Gasteiger partial charge < -0.3 is 29.7 Å². The van der Waals surface area contributed by atoms with Crippen molar-refractivity contribution in [2.45, 2.75) is 126 Å². The molecule has 2 aromatic heterocycles. The van der Waals surface area contributed by atoms with E-state index in [4.69, 9.17) is 19.4 Å². The van der Waals surface area contributed by atoms with Crippen molar-refractivity contribution in [3.05, 3.63) is 71.3 Å². The second kappa shape index (κ2) is 17.8. The van der Waals surface area contributed by atoms with Gasteiger partial charge in [-0.25, -0.2) is 18.4 Å². The summed E-state index contributed by atoms with van der Waals surface area (Å²) in [5.41, 5.74) is 1.65. The van der Waals surface area contributed by atoms with Gasteiger partial charge in [0.25, 0.3) is 5.91 Å². The van der Waals surface area contributed by atoms with Crippen molar-refractivity contribution in [2.24, 2.45) is 5.92 Å². The molecule has 2 aliphatic carbocycles. The molecule has 0 radical (unpaired) electrons. The van der Waals surface area contributed by atoms with E-state index >= 15 is 0 Å². The number of halogens is 3. The largest absolute Gasteiger partial charge is 0.573 e. The van der Waals surface area contributed by atoms with Gasteiger partial charge in [0.15, 0.2) is 0 Å². The van der Waals surface area contributed by atoms with E-state index in [1.807, 2.05) is 36.6 Å². The number of alkyl halides is 3. The molecule has 0 unspecified atom stereocenters. The van der Waals surface area contributed by atoms with E-state index in [0.29, 0.717) is 70.9 Å². The fraction of sp³-hybridized carbons (Fsp3) is 0.500. The number of carbonyl (C=O) groups is 3. The maximum Gasteiger partial charge on any atom is 0.573 e. The smallest absolute Gasteiger partial charge is 0.496 e. The van der Waals surface area contributed by atoms with E-state index in [9.17, 15) is 36.0 Å². The number of sulfonamides is 1. The van der Waals surface area contributed by atoms with Crippen LogP contribution in [0, 0.1) is 12.8 Å². The number of methoxy groups -OCH3 is 1. The van der Waals surface area contributed by atoms with E-state index in [0.717, 1.165) is 36.2 Å². The zero-order chi connectivity index (χ0) is 46.5. The lowest BCUT2D eigenvalue weighted by molar-refractivity contribution is -0.274. The van der Waals surface area contributed by atoms with E-state index in [1.54, 1.807) is 20.1 Å². The highest BCUT2D eigenvalue weighted by molar-refractivity contribution is 7.91. The Morgan fingerprint density at radius 3 is 2.48 bits per heavy atom. The second-order valence-corrected chi connectivity index (χ2v) is 21.1. The van der Waals surface area contributed by atoms with Crippen LogP contribution in [0.2, 0.25) is 0 Å². The van der Waals surface area contributed by atoms with Crippen molar-refractivity contribution in [1.82, 2.24) is 24.9 Å². The topological polar surface area (TPSA) is 178 Å². The molecule has 8 rings (SSSR count). The summed E-state index contributed by atoms with van der Waals surface area (Å²) < 4.78 is 83.2. The number of allylic oxidation sites excluding steroid dienone is 1. The first-order valence-corrected chi connectivity index (χ1v) is 24.2. The SMILES string of the molecule is COc1ccc2c(O[C@@H]3C[C@H]4C(=O)N[C@]5(C(=O)NS(=O)(=O)C6(C)CC6)C[C@@H]5/C=C\CCCCC[C@H](Nc5ccc(OC(F)(F)F)cc5)C(=O)N4C3)cc(-c3nc(C(C)C)cs3)nc2c1C. The summed E-state index contributed by atoms with van der Waals surface area (Å²) in [5, 5.41) is 9.45. The number of aryl methyl sites for hydroxylation is 1. The molecular weight excluding hydrogens is 886 g/mol. The number of amides is 3. The molecule has 3 amide bonds. The number of ether oxygens (including phenoxy) is 3. The van der Waals surface area contributed by atoms with Crippen molar-refractivity contribution in [3.63, 3.8) is 0 Å². The summed E-state index contributed by atoms with van der Waals surface area (Å²) in [6.45, 7) is 7.53. The van der Waals surface area contributed by atoms with Crippen molar-refractivity contribution < 1.29 is 50.2 Å². The maximum atomic E-state index is 15.0. The zero-order valence-corrected chi connectivity index (χ0v) is 38.4. The van der Waals surface area contributed by atoms with Gasteiger partial charge in [0.05, 0.1) is 29.6 Å². The molecule has 3 fully saturated rings. The molecule has 0 bridgehead atoms. The maximum absolute atomic E-state index is 15.0. The van der Waals surface area contributed by atoms with Gasteiger partial charge in [-0.3, -0.25) is 19.1 Å². The number of anilines is 1. The predicted molar refractivity (Wildman–Crippen MR) is 239 cm³/mol. The Bertz CT molecular complexity index is 2620. The first-order valence-electron chi connectivity index (χ1n) is 21.9. The Balaban J connectivity index is 1.15. The number of benzene rings is 2. The summed E-state index contributed by atoms with van der Waals surface area (Å²) in [6, 6.07) is 8.43. The van der Waals surface area contributed by atoms with Gasteiger partial charge in [-0.15, -0.1) is 24.5 Å². The van der Waals surface area contributed by atoms with Gasteiger partial charge in [-0.1, -0.05) is 38.8 Å². The summed E-state index contributed by atoms with van der Waals surface area (Å²) in [5.74, 6) is -1.61. The summed E-state index contributed by atoms with van der Waals surface area (Å²) in [4.78, 5) is 55.0. The fourth-order valence-electron chi connectivity index (χ4n) is 8.56. The van der Waals surface area contributed by atoms with Gasteiger partial charge >= 0.3 is 6.36 Å². The quantitative estimate of drug-likeness (QED) is 0.125. The van der Waals surface area contributed by atoms with Gasteiger partial charge in [0.1, 0.15) is 51.7 Å². The van der Waals surface area contributed by atoms with Crippen LogP contribution in [0.1, 0.15) is 95.7 Å². The molecule has 14 nitrogen and oxygen atoms in total. The summed E-state index contributed by atoms with van der Waals surface area (Å²) in [6.07, 6.45) is 2.18. The predicted octanol–water partition coefficient (Wildman–Crippen LogP) is 7.92. The van der Waals surface area contributed by atoms with Crippen LogP contribution in [0.25, 0.3) is 21.6 Å². The lowest BCUT2D eigenvalue weighted by Crippen LogP contribution is -2.58. The molecule has 5 atom stereocenters. The number of carbonyl (C=O) groups excluding carboxylic acids is 3. The van der Waals surface area contributed by atoms with Crippen molar-refractivity contribution in [2.75, 3.05) is 19.0 Å². The minimum atomic E-state index is -4.88. The van der Waals surface area contributed by atoms with Gasteiger partial charge in [0.2, 0.25) is 21.8 Å². The number of thiazole rings is 1. The summed E-state index contributed by atoms with van der Waals surface area (Å²) >= 11 is 1.45. The van der Waals surface area contributed by atoms with Gasteiger partial charge in [0, 0.05) is 40.4 Å². The van der Waals surface area contributed by atoms with Gasteiger partial charge in [-0.05, 0) is 94.7 Å². The first kappa shape index (κ1) is 46.1. The van der Waals surface area contributed by atoms with Crippen LogP contribution in [-0.4, -0.2) is 89.5 Å². The summed E-state index contributed by atoms with van der Waals surface area (Å²) in [7, 11) is -2.47. The third-order valence-electron chi connectivity index (χ3n) is 12.9. The lowest BCUT2D eigenvalue weighted by atomic mass is 10.0. The molecule has 2 aromatic carbocycles. The third-order valence-corrected chi connectivity index (χ3v) is 15.9. The van der Waals surface area contributed by atoms with Crippen LogP contribution in [-0.2, 0) is 24.4 Å². The fourth-order valence-corrected chi connectivity index (χ4v) is 10.8. The Labute approximate surface area is 379 Å².